The largest absolute Gasteiger partial charge is 0.380 e. The summed E-state index contributed by atoms with van der Waals surface area (Å²) in [6.45, 7) is 2.04. The van der Waals surface area contributed by atoms with Gasteiger partial charge in [0.2, 0.25) is 5.03 Å². The van der Waals surface area contributed by atoms with Gasteiger partial charge in [0.05, 0.1) is 18.5 Å². The first-order chi connectivity index (χ1) is 14.5. The maximum Gasteiger partial charge on any atom is 0.264 e. The summed E-state index contributed by atoms with van der Waals surface area (Å²) in [5, 5.41) is 8.17. The average Bonchev–Trinajstić information content (AvgIpc) is 3.26. The lowest BCUT2D eigenvalue weighted by atomic mass is 10.2. The number of anilines is 1. The predicted octanol–water partition coefficient (Wildman–Crippen LogP) is 1.37. The number of sulfonamides is 1. The smallest absolute Gasteiger partial charge is 0.264 e. The summed E-state index contributed by atoms with van der Waals surface area (Å²) < 4.78 is 34.0. The van der Waals surface area contributed by atoms with E-state index in [1.54, 1.807) is 13.2 Å². The van der Waals surface area contributed by atoms with Crippen LogP contribution in [0.2, 0.25) is 5.15 Å². The first-order valence-electron chi connectivity index (χ1n) is 9.20. The second kappa shape index (κ2) is 8.64. The minimum Gasteiger partial charge on any atom is -0.380 e. The molecule has 1 aromatic carbocycles. The molecule has 3 heterocycles. The third-order valence-electron chi connectivity index (χ3n) is 4.74. The van der Waals surface area contributed by atoms with E-state index in [0.29, 0.717) is 49.4 Å². The van der Waals surface area contributed by atoms with Gasteiger partial charge in [0, 0.05) is 39.4 Å². The lowest BCUT2D eigenvalue weighted by molar-refractivity contribution is 0.185. The van der Waals surface area contributed by atoms with Gasteiger partial charge in [0.15, 0.2) is 0 Å². The Bertz CT molecular complexity index is 1130. The molecule has 0 radical (unpaired) electrons. The van der Waals surface area contributed by atoms with Crippen LogP contribution in [0, 0.1) is 0 Å². The maximum absolute atomic E-state index is 13.0. The number of hydrogen-bond donors (Lipinski definition) is 0. The van der Waals surface area contributed by atoms with Crippen LogP contribution in [0.3, 0.4) is 0 Å². The van der Waals surface area contributed by atoms with Gasteiger partial charge in [0.1, 0.15) is 17.3 Å². The Morgan fingerprint density at radius 3 is 2.67 bits per heavy atom. The molecule has 30 heavy (non-hydrogen) atoms. The molecule has 0 aliphatic carbocycles. The van der Waals surface area contributed by atoms with Crippen molar-refractivity contribution in [3.05, 3.63) is 53.6 Å². The van der Waals surface area contributed by atoms with Crippen molar-refractivity contribution in [3.8, 4) is 5.69 Å². The topological polar surface area (TPSA) is 106 Å². The number of piperazine rings is 1. The highest BCUT2D eigenvalue weighted by molar-refractivity contribution is 7.89. The SMILES string of the molecule is COCc1cccc(-n2cc(S(=O)(=O)N3CCN(c4cc(Cl)ncn4)CC3)nn2)c1. The summed E-state index contributed by atoms with van der Waals surface area (Å²) in [5.41, 5.74) is 1.67. The fourth-order valence-corrected chi connectivity index (χ4v) is 4.66. The molecule has 0 spiro atoms. The van der Waals surface area contributed by atoms with E-state index in [1.165, 1.54) is 21.5 Å². The van der Waals surface area contributed by atoms with Gasteiger partial charge in [0.25, 0.3) is 10.0 Å². The molecule has 10 nitrogen and oxygen atoms in total. The van der Waals surface area contributed by atoms with Crippen LogP contribution in [0.15, 0.2) is 47.9 Å². The zero-order valence-electron chi connectivity index (χ0n) is 16.2. The normalized spacial score (nSPS) is 15.5. The molecule has 158 valence electrons. The Balaban J connectivity index is 1.48. The van der Waals surface area contributed by atoms with Crippen molar-refractivity contribution in [2.24, 2.45) is 0 Å². The Morgan fingerprint density at radius 2 is 1.93 bits per heavy atom. The van der Waals surface area contributed by atoms with Gasteiger partial charge in [-0.2, -0.15) is 4.31 Å². The number of hydrogen-bond acceptors (Lipinski definition) is 8. The van der Waals surface area contributed by atoms with Gasteiger partial charge in [-0.25, -0.2) is 23.1 Å². The van der Waals surface area contributed by atoms with Crippen molar-refractivity contribution in [2.75, 3.05) is 38.2 Å². The summed E-state index contributed by atoms with van der Waals surface area (Å²) in [5.74, 6) is 0.675. The fraction of sp³-hybridized carbons (Fsp3) is 0.333. The zero-order chi connectivity index (χ0) is 21.1. The molecule has 1 aliphatic heterocycles. The van der Waals surface area contributed by atoms with Crippen molar-refractivity contribution < 1.29 is 13.2 Å². The molecule has 1 aliphatic rings. The van der Waals surface area contributed by atoms with Gasteiger partial charge in [-0.15, -0.1) is 5.10 Å². The van der Waals surface area contributed by atoms with E-state index >= 15 is 0 Å². The van der Waals surface area contributed by atoms with Gasteiger partial charge in [-0.3, -0.25) is 0 Å². The van der Waals surface area contributed by atoms with Crippen molar-refractivity contribution in [3.63, 3.8) is 0 Å². The van der Waals surface area contributed by atoms with Crippen molar-refractivity contribution in [1.82, 2.24) is 29.3 Å². The van der Waals surface area contributed by atoms with E-state index in [4.69, 9.17) is 16.3 Å². The van der Waals surface area contributed by atoms with E-state index in [2.05, 4.69) is 20.3 Å². The fourth-order valence-electron chi connectivity index (χ4n) is 3.24. The van der Waals surface area contributed by atoms with Crippen molar-refractivity contribution in [2.45, 2.75) is 11.6 Å². The van der Waals surface area contributed by atoms with Crippen LogP contribution in [0.25, 0.3) is 5.69 Å². The van der Waals surface area contributed by atoms with E-state index < -0.39 is 10.0 Å². The molecule has 3 aromatic rings. The van der Waals surface area contributed by atoms with Gasteiger partial charge in [-0.1, -0.05) is 28.9 Å². The molecule has 0 bridgehead atoms. The van der Waals surface area contributed by atoms with Crippen LogP contribution >= 0.6 is 11.6 Å². The molecular formula is C18H20ClN7O3S. The summed E-state index contributed by atoms with van der Waals surface area (Å²) in [7, 11) is -2.14. The third-order valence-corrected chi connectivity index (χ3v) is 6.71. The van der Waals surface area contributed by atoms with Gasteiger partial charge < -0.3 is 9.64 Å². The minimum absolute atomic E-state index is 0.0850. The molecule has 0 unspecified atom stereocenters. The van der Waals surface area contributed by atoms with Gasteiger partial charge in [-0.05, 0) is 17.7 Å². The Hall–Kier alpha value is -2.60. The molecular weight excluding hydrogens is 430 g/mol. The zero-order valence-corrected chi connectivity index (χ0v) is 17.8. The summed E-state index contributed by atoms with van der Waals surface area (Å²) in [4.78, 5) is 10.0. The number of benzene rings is 1. The highest BCUT2D eigenvalue weighted by Crippen LogP contribution is 2.20. The lowest BCUT2D eigenvalue weighted by Gasteiger charge is -2.34. The first kappa shape index (κ1) is 20.7. The number of nitrogens with zero attached hydrogens (tertiary/aromatic N) is 7. The number of methoxy groups -OCH3 is 1. The van der Waals surface area contributed by atoms with E-state index in [0.717, 1.165) is 5.56 Å². The van der Waals surface area contributed by atoms with Crippen LogP contribution in [-0.2, 0) is 21.4 Å². The van der Waals surface area contributed by atoms with Crippen LogP contribution < -0.4 is 4.90 Å². The molecule has 0 amide bonds. The Kier molecular flexibility index (Phi) is 5.95. The molecule has 2 aromatic heterocycles. The first-order valence-corrected chi connectivity index (χ1v) is 11.0. The van der Waals surface area contributed by atoms with E-state index in [1.807, 2.05) is 29.2 Å². The minimum atomic E-state index is -3.75. The number of aromatic nitrogens is 5. The van der Waals surface area contributed by atoms with Gasteiger partial charge >= 0.3 is 0 Å². The van der Waals surface area contributed by atoms with Crippen LogP contribution in [0.5, 0.6) is 0 Å². The average molecular weight is 450 g/mol. The highest BCUT2D eigenvalue weighted by atomic mass is 35.5. The standard InChI is InChI=1S/C18H20ClN7O3S/c1-29-12-14-3-2-4-15(9-14)26-11-18(22-23-26)30(27,28)25-7-5-24(6-8-25)17-10-16(19)20-13-21-17/h2-4,9-11,13H,5-8,12H2,1H3. The molecule has 0 N–H and O–H groups in total. The van der Waals surface area contributed by atoms with E-state index in [-0.39, 0.29) is 5.03 Å². The van der Waals surface area contributed by atoms with Crippen molar-refractivity contribution >= 4 is 27.4 Å². The quantitative estimate of drug-likeness (QED) is 0.519. The number of rotatable bonds is 6. The third kappa shape index (κ3) is 4.29. The van der Waals surface area contributed by atoms with Crippen molar-refractivity contribution in [1.29, 1.82) is 0 Å². The Morgan fingerprint density at radius 1 is 1.13 bits per heavy atom. The highest BCUT2D eigenvalue weighted by Gasteiger charge is 2.31. The van der Waals surface area contributed by atoms with Crippen LogP contribution in [0.4, 0.5) is 5.82 Å². The summed E-state index contributed by atoms with van der Waals surface area (Å²) in [6.07, 6.45) is 2.82. The molecule has 12 heteroatoms. The molecule has 0 atom stereocenters. The van der Waals surface area contributed by atoms with Crippen LogP contribution in [0.1, 0.15) is 5.56 Å². The number of ether oxygens (including phenoxy) is 1. The predicted molar refractivity (Wildman–Crippen MR) is 110 cm³/mol. The summed E-state index contributed by atoms with van der Waals surface area (Å²) >= 11 is 5.92. The number of halogens is 1. The summed E-state index contributed by atoms with van der Waals surface area (Å²) in [6, 6.07) is 9.15. The molecule has 4 rings (SSSR count). The lowest BCUT2D eigenvalue weighted by Crippen LogP contribution is -2.49. The van der Waals surface area contributed by atoms with E-state index in [9.17, 15) is 8.42 Å². The monoisotopic (exact) mass is 449 g/mol. The molecule has 0 saturated carbocycles. The second-order valence-corrected chi connectivity index (χ2v) is 8.97. The Labute approximate surface area is 179 Å². The maximum atomic E-state index is 13.0. The molecule has 1 fully saturated rings. The molecule has 1 saturated heterocycles. The van der Waals surface area contributed by atoms with Crippen LogP contribution in [-0.4, -0.2) is 71.0 Å². The second-order valence-electron chi connectivity index (χ2n) is 6.69.